The molecule has 0 bridgehead atoms. The number of ether oxygens (including phenoxy) is 1. The van der Waals surface area contributed by atoms with Crippen molar-refractivity contribution in [2.24, 2.45) is 5.92 Å². The third-order valence-electron chi connectivity index (χ3n) is 4.10. The van der Waals surface area contributed by atoms with E-state index in [1.807, 2.05) is 6.07 Å². The molecule has 1 aliphatic heterocycles. The topological polar surface area (TPSA) is 21.3 Å². The van der Waals surface area contributed by atoms with Crippen LogP contribution in [0.5, 0.6) is 5.75 Å². The summed E-state index contributed by atoms with van der Waals surface area (Å²) >= 11 is 0. The summed E-state index contributed by atoms with van der Waals surface area (Å²) < 4.78 is 5.69. The quantitative estimate of drug-likeness (QED) is 0.860. The van der Waals surface area contributed by atoms with Gasteiger partial charge in [-0.1, -0.05) is 31.0 Å². The van der Waals surface area contributed by atoms with Gasteiger partial charge in [0.05, 0.1) is 6.61 Å². The van der Waals surface area contributed by atoms with Gasteiger partial charge in [0, 0.05) is 18.0 Å². The van der Waals surface area contributed by atoms with E-state index in [1.54, 1.807) is 0 Å². The normalized spacial score (nSPS) is 23.6. The van der Waals surface area contributed by atoms with Gasteiger partial charge in [-0.25, -0.2) is 0 Å². The molecule has 2 aliphatic rings. The number of hydrogen-bond acceptors (Lipinski definition) is 2. The summed E-state index contributed by atoms with van der Waals surface area (Å²) in [6.45, 7) is 3.10. The Morgan fingerprint density at radius 3 is 2.82 bits per heavy atom. The summed E-state index contributed by atoms with van der Waals surface area (Å²) in [5.41, 5.74) is 1.38. The smallest absolute Gasteiger partial charge is 0.122 e. The fraction of sp³-hybridized carbons (Fsp3) is 0.600. The van der Waals surface area contributed by atoms with Crippen molar-refractivity contribution < 1.29 is 4.74 Å². The monoisotopic (exact) mass is 231 g/mol. The number of fused-ring (bicyclic) bond motifs is 1. The van der Waals surface area contributed by atoms with Crippen LogP contribution in [-0.2, 0) is 0 Å². The largest absolute Gasteiger partial charge is 0.493 e. The predicted octanol–water partition coefficient (Wildman–Crippen LogP) is 2.94. The maximum absolute atomic E-state index is 5.69. The zero-order chi connectivity index (χ0) is 11.5. The van der Waals surface area contributed by atoms with Crippen molar-refractivity contribution >= 4 is 0 Å². The highest BCUT2D eigenvalue weighted by atomic mass is 16.5. The van der Waals surface area contributed by atoms with E-state index in [4.69, 9.17) is 4.74 Å². The third kappa shape index (κ3) is 2.47. The predicted molar refractivity (Wildman–Crippen MR) is 69.5 cm³/mol. The lowest BCUT2D eigenvalue weighted by molar-refractivity contribution is 0.323. The van der Waals surface area contributed by atoms with Gasteiger partial charge in [-0.3, -0.25) is 0 Å². The van der Waals surface area contributed by atoms with Crippen LogP contribution in [0.15, 0.2) is 24.3 Å². The molecule has 0 radical (unpaired) electrons. The van der Waals surface area contributed by atoms with Crippen molar-refractivity contribution in [1.29, 1.82) is 0 Å². The first-order valence-corrected chi connectivity index (χ1v) is 6.86. The van der Waals surface area contributed by atoms with E-state index < -0.39 is 0 Å². The molecule has 1 fully saturated rings. The van der Waals surface area contributed by atoms with Crippen molar-refractivity contribution in [2.45, 2.75) is 31.6 Å². The van der Waals surface area contributed by atoms with E-state index in [0.717, 1.165) is 24.8 Å². The molecule has 1 atom stereocenters. The highest BCUT2D eigenvalue weighted by molar-refractivity contribution is 5.39. The molecule has 92 valence electrons. The molecule has 1 aromatic carbocycles. The molecule has 1 unspecified atom stereocenters. The fourth-order valence-electron chi connectivity index (χ4n) is 3.07. The molecule has 1 heterocycles. The van der Waals surface area contributed by atoms with E-state index in [0.29, 0.717) is 5.92 Å². The summed E-state index contributed by atoms with van der Waals surface area (Å²) in [7, 11) is 0. The molecule has 1 aliphatic carbocycles. The van der Waals surface area contributed by atoms with Gasteiger partial charge < -0.3 is 10.1 Å². The SMILES string of the molecule is c1ccc2c(c1)OCC2CNCC1CCCC1. The minimum Gasteiger partial charge on any atom is -0.493 e. The maximum Gasteiger partial charge on any atom is 0.122 e. The highest BCUT2D eigenvalue weighted by Gasteiger charge is 2.23. The highest BCUT2D eigenvalue weighted by Crippen LogP contribution is 2.33. The standard InChI is InChI=1S/C15H21NO/c1-2-6-12(5-1)9-16-10-13-11-17-15-8-4-3-7-14(13)15/h3-4,7-8,12-13,16H,1-2,5-6,9-11H2. The lowest BCUT2D eigenvalue weighted by atomic mass is 10.0. The molecule has 0 saturated heterocycles. The van der Waals surface area contributed by atoms with Gasteiger partial charge in [0.2, 0.25) is 0 Å². The number of benzene rings is 1. The van der Waals surface area contributed by atoms with E-state index in [1.165, 1.54) is 37.8 Å². The zero-order valence-electron chi connectivity index (χ0n) is 10.3. The summed E-state index contributed by atoms with van der Waals surface area (Å²) in [5.74, 6) is 2.56. The van der Waals surface area contributed by atoms with Gasteiger partial charge in [-0.15, -0.1) is 0 Å². The van der Waals surface area contributed by atoms with Crippen molar-refractivity contribution in [3.05, 3.63) is 29.8 Å². The van der Waals surface area contributed by atoms with Crippen LogP contribution in [0.4, 0.5) is 0 Å². The van der Waals surface area contributed by atoms with Crippen LogP contribution in [0.1, 0.15) is 37.2 Å². The second-order valence-electron chi connectivity index (χ2n) is 5.35. The zero-order valence-corrected chi connectivity index (χ0v) is 10.3. The van der Waals surface area contributed by atoms with Crippen molar-refractivity contribution in [3.63, 3.8) is 0 Å². The van der Waals surface area contributed by atoms with Gasteiger partial charge in [0.25, 0.3) is 0 Å². The van der Waals surface area contributed by atoms with Crippen LogP contribution in [0.2, 0.25) is 0 Å². The third-order valence-corrected chi connectivity index (χ3v) is 4.10. The van der Waals surface area contributed by atoms with E-state index >= 15 is 0 Å². The second-order valence-corrected chi connectivity index (χ2v) is 5.35. The van der Waals surface area contributed by atoms with Crippen LogP contribution in [0.25, 0.3) is 0 Å². The van der Waals surface area contributed by atoms with Crippen LogP contribution in [-0.4, -0.2) is 19.7 Å². The van der Waals surface area contributed by atoms with Crippen LogP contribution in [0.3, 0.4) is 0 Å². The number of rotatable bonds is 4. The lowest BCUT2D eigenvalue weighted by Crippen LogP contribution is -2.27. The number of nitrogens with one attached hydrogen (secondary N) is 1. The maximum atomic E-state index is 5.69. The van der Waals surface area contributed by atoms with Gasteiger partial charge in [-0.2, -0.15) is 0 Å². The van der Waals surface area contributed by atoms with E-state index in [-0.39, 0.29) is 0 Å². The Morgan fingerprint density at radius 2 is 1.94 bits per heavy atom. The van der Waals surface area contributed by atoms with Crippen LogP contribution >= 0.6 is 0 Å². The molecule has 3 rings (SSSR count). The summed E-state index contributed by atoms with van der Waals surface area (Å²) in [6.07, 6.45) is 5.71. The van der Waals surface area contributed by atoms with E-state index in [9.17, 15) is 0 Å². The molecule has 1 aromatic rings. The Hall–Kier alpha value is -1.02. The minimum absolute atomic E-state index is 0.549. The number of hydrogen-bond donors (Lipinski definition) is 1. The number of para-hydroxylation sites is 1. The molecule has 2 heteroatoms. The first-order valence-electron chi connectivity index (χ1n) is 6.86. The molecule has 0 aromatic heterocycles. The molecule has 17 heavy (non-hydrogen) atoms. The molecular formula is C15H21NO. The first-order chi connectivity index (χ1) is 8.43. The molecular weight excluding hydrogens is 210 g/mol. The van der Waals surface area contributed by atoms with E-state index in [2.05, 4.69) is 23.5 Å². The Bertz CT molecular complexity index is 371. The molecule has 2 nitrogen and oxygen atoms in total. The summed E-state index contributed by atoms with van der Waals surface area (Å²) in [5, 5.41) is 3.63. The fourth-order valence-corrected chi connectivity index (χ4v) is 3.07. The molecule has 0 amide bonds. The van der Waals surface area contributed by atoms with Crippen molar-refractivity contribution in [2.75, 3.05) is 19.7 Å². The molecule has 0 spiro atoms. The Kier molecular flexibility index (Phi) is 3.32. The van der Waals surface area contributed by atoms with Crippen LogP contribution < -0.4 is 10.1 Å². The summed E-state index contributed by atoms with van der Waals surface area (Å²) in [4.78, 5) is 0. The van der Waals surface area contributed by atoms with Gasteiger partial charge in [-0.05, 0) is 31.4 Å². The van der Waals surface area contributed by atoms with Gasteiger partial charge in [0.1, 0.15) is 5.75 Å². The second kappa shape index (κ2) is 5.09. The Balaban J connectivity index is 1.50. The average molecular weight is 231 g/mol. The Morgan fingerprint density at radius 1 is 1.12 bits per heavy atom. The van der Waals surface area contributed by atoms with Crippen molar-refractivity contribution in [3.8, 4) is 5.75 Å². The average Bonchev–Trinajstić information content (AvgIpc) is 2.99. The van der Waals surface area contributed by atoms with Gasteiger partial charge >= 0.3 is 0 Å². The Labute approximate surface area is 103 Å². The molecule has 1 saturated carbocycles. The van der Waals surface area contributed by atoms with Crippen molar-refractivity contribution in [1.82, 2.24) is 5.32 Å². The van der Waals surface area contributed by atoms with Gasteiger partial charge in [0.15, 0.2) is 0 Å². The van der Waals surface area contributed by atoms with Crippen LogP contribution in [0, 0.1) is 5.92 Å². The molecule has 1 N–H and O–H groups in total. The lowest BCUT2D eigenvalue weighted by Gasteiger charge is -2.13. The first kappa shape index (κ1) is 11.1. The summed E-state index contributed by atoms with van der Waals surface area (Å²) in [6, 6.07) is 8.43. The minimum atomic E-state index is 0.549.